The molecule has 2 aromatic carbocycles. The van der Waals surface area contributed by atoms with Crippen LogP contribution in [0.4, 0.5) is 0 Å². The lowest BCUT2D eigenvalue weighted by Crippen LogP contribution is -2.28. The van der Waals surface area contributed by atoms with Crippen LogP contribution in [0.2, 0.25) is 0 Å². The van der Waals surface area contributed by atoms with Crippen molar-refractivity contribution in [1.29, 1.82) is 0 Å². The number of pyridine rings is 1. The van der Waals surface area contributed by atoms with E-state index in [4.69, 9.17) is 4.74 Å². The van der Waals surface area contributed by atoms with E-state index in [1.807, 2.05) is 48.5 Å². The van der Waals surface area contributed by atoms with Crippen molar-refractivity contribution in [1.82, 2.24) is 10.3 Å². The van der Waals surface area contributed by atoms with Crippen molar-refractivity contribution in [3.8, 4) is 11.3 Å². The van der Waals surface area contributed by atoms with Gasteiger partial charge in [0.15, 0.2) is 6.61 Å². The minimum absolute atomic E-state index is 0.310. The monoisotopic (exact) mass is 412 g/mol. The van der Waals surface area contributed by atoms with E-state index in [1.165, 1.54) is 0 Å². The molecule has 3 aromatic rings. The van der Waals surface area contributed by atoms with Crippen molar-refractivity contribution < 1.29 is 14.3 Å². The predicted octanol–water partition coefficient (Wildman–Crippen LogP) is 3.96. The zero-order valence-corrected chi connectivity index (χ0v) is 15.7. The number of ether oxygens (including phenoxy) is 1. The van der Waals surface area contributed by atoms with Gasteiger partial charge in [-0.3, -0.25) is 4.79 Å². The number of halogens is 1. The largest absolute Gasteiger partial charge is 0.452 e. The van der Waals surface area contributed by atoms with Gasteiger partial charge in [0.2, 0.25) is 0 Å². The molecule has 0 spiro atoms. The lowest BCUT2D eigenvalue weighted by molar-refractivity contribution is -0.124. The second kappa shape index (κ2) is 8.10. The van der Waals surface area contributed by atoms with Crippen LogP contribution in [0.3, 0.4) is 0 Å². The first-order valence-corrected chi connectivity index (χ1v) is 8.97. The van der Waals surface area contributed by atoms with E-state index in [0.717, 1.165) is 10.0 Å². The molecule has 0 aliphatic carbocycles. The number of rotatable bonds is 5. The van der Waals surface area contributed by atoms with Crippen LogP contribution < -0.4 is 5.32 Å². The highest BCUT2D eigenvalue weighted by molar-refractivity contribution is 9.10. The summed E-state index contributed by atoms with van der Waals surface area (Å²) in [5.74, 6) is -0.877. The predicted molar refractivity (Wildman–Crippen MR) is 104 cm³/mol. The molecule has 1 aromatic heterocycles. The van der Waals surface area contributed by atoms with E-state index in [2.05, 4.69) is 26.2 Å². The lowest BCUT2D eigenvalue weighted by atomic mass is 10.0. The molecule has 26 heavy (non-hydrogen) atoms. The Bertz CT molecular complexity index is 972. The molecule has 5 nitrogen and oxygen atoms in total. The fourth-order valence-corrected chi connectivity index (χ4v) is 3.00. The molecule has 132 valence electrons. The first kappa shape index (κ1) is 18.1. The van der Waals surface area contributed by atoms with Crippen LogP contribution in [0.15, 0.2) is 59.1 Å². The molecule has 1 N–H and O–H groups in total. The summed E-state index contributed by atoms with van der Waals surface area (Å²) >= 11 is 3.45. The molecular formula is C20H17BrN2O3. The first-order valence-electron chi connectivity index (χ1n) is 8.18. The normalized spacial score (nSPS) is 10.5. The number of hydrogen-bond donors (Lipinski definition) is 1. The van der Waals surface area contributed by atoms with Crippen molar-refractivity contribution in [2.24, 2.45) is 0 Å². The number of carbonyl (C=O) groups excluding carboxylic acids is 2. The van der Waals surface area contributed by atoms with E-state index >= 15 is 0 Å². The van der Waals surface area contributed by atoms with Gasteiger partial charge in [-0.15, -0.1) is 0 Å². The highest BCUT2D eigenvalue weighted by Crippen LogP contribution is 2.27. The highest BCUT2D eigenvalue weighted by Gasteiger charge is 2.16. The molecule has 0 unspecified atom stereocenters. The average molecular weight is 413 g/mol. The number of carbonyl (C=O) groups is 2. The van der Waals surface area contributed by atoms with E-state index in [1.54, 1.807) is 13.0 Å². The molecule has 0 bridgehead atoms. The molecule has 6 heteroatoms. The minimum Gasteiger partial charge on any atom is -0.452 e. The van der Waals surface area contributed by atoms with Gasteiger partial charge in [0.1, 0.15) is 0 Å². The van der Waals surface area contributed by atoms with Crippen molar-refractivity contribution in [3.05, 3.63) is 64.6 Å². The van der Waals surface area contributed by atoms with Crippen LogP contribution in [0.5, 0.6) is 0 Å². The SMILES string of the molecule is CCNC(=O)COC(=O)c1cc(-c2cccc(Br)c2)nc2ccccc12. The summed E-state index contributed by atoms with van der Waals surface area (Å²) in [6.07, 6.45) is 0. The zero-order valence-electron chi connectivity index (χ0n) is 14.2. The molecule has 1 heterocycles. The van der Waals surface area contributed by atoms with Gasteiger partial charge in [-0.2, -0.15) is 0 Å². The van der Waals surface area contributed by atoms with Gasteiger partial charge in [0.05, 0.1) is 16.8 Å². The van der Waals surface area contributed by atoms with Crippen molar-refractivity contribution in [2.45, 2.75) is 6.92 Å². The first-order chi connectivity index (χ1) is 12.6. The van der Waals surface area contributed by atoms with Crippen LogP contribution in [0.25, 0.3) is 22.2 Å². The van der Waals surface area contributed by atoms with Gasteiger partial charge in [0, 0.05) is 22.0 Å². The summed E-state index contributed by atoms with van der Waals surface area (Å²) in [6, 6.07) is 16.7. The molecule has 0 saturated carbocycles. The standard InChI is InChI=1S/C20H17BrN2O3/c1-2-22-19(24)12-26-20(25)16-11-18(13-6-5-7-14(21)10-13)23-17-9-4-3-8-15(16)17/h3-11H,2,12H2,1H3,(H,22,24). The number of hydrogen-bond acceptors (Lipinski definition) is 4. The molecule has 0 radical (unpaired) electrons. The second-order valence-electron chi connectivity index (χ2n) is 5.61. The van der Waals surface area contributed by atoms with E-state index in [0.29, 0.717) is 28.7 Å². The molecule has 0 aliphatic heterocycles. The highest BCUT2D eigenvalue weighted by atomic mass is 79.9. The molecular weight excluding hydrogens is 396 g/mol. The molecule has 1 amide bonds. The summed E-state index contributed by atoms with van der Waals surface area (Å²) in [5, 5.41) is 3.29. The van der Waals surface area contributed by atoms with E-state index in [-0.39, 0.29) is 12.5 Å². The number of esters is 1. The fraction of sp³-hybridized carbons (Fsp3) is 0.150. The van der Waals surface area contributed by atoms with E-state index in [9.17, 15) is 9.59 Å². The van der Waals surface area contributed by atoms with Crippen LogP contribution in [0.1, 0.15) is 17.3 Å². The van der Waals surface area contributed by atoms with Crippen molar-refractivity contribution in [3.63, 3.8) is 0 Å². The average Bonchev–Trinajstić information content (AvgIpc) is 2.65. The second-order valence-corrected chi connectivity index (χ2v) is 6.53. The zero-order chi connectivity index (χ0) is 18.5. The number of likely N-dealkylation sites (N-methyl/N-ethyl adjacent to an activating group) is 1. The minimum atomic E-state index is -0.550. The Balaban J connectivity index is 2.00. The van der Waals surface area contributed by atoms with Gasteiger partial charge in [-0.05, 0) is 31.2 Å². The topological polar surface area (TPSA) is 68.3 Å². The Morgan fingerprint density at radius 3 is 2.69 bits per heavy atom. The Labute approximate surface area is 159 Å². The molecule has 0 atom stereocenters. The Morgan fingerprint density at radius 1 is 1.12 bits per heavy atom. The van der Waals surface area contributed by atoms with Gasteiger partial charge in [-0.25, -0.2) is 9.78 Å². The number of amides is 1. The van der Waals surface area contributed by atoms with Gasteiger partial charge >= 0.3 is 5.97 Å². The smallest absolute Gasteiger partial charge is 0.339 e. The van der Waals surface area contributed by atoms with Gasteiger partial charge < -0.3 is 10.1 Å². The van der Waals surface area contributed by atoms with Crippen molar-refractivity contribution >= 4 is 38.7 Å². The Kier molecular flexibility index (Phi) is 5.63. The molecule has 0 saturated heterocycles. The number of nitrogens with zero attached hydrogens (tertiary/aromatic N) is 1. The Morgan fingerprint density at radius 2 is 1.92 bits per heavy atom. The van der Waals surface area contributed by atoms with E-state index < -0.39 is 5.97 Å². The molecule has 3 rings (SSSR count). The number of fused-ring (bicyclic) bond motifs is 1. The summed E-state index contributed by atoms with van der Waals surface area (Å²) in [5.41, 5.74) is 2.61. The summed E-state index contributed by atoms with van der Waals surface area (Å²) < 4.78 is 6.10. The summed E-state index contributed by atoms with van der Waals surface area (Å²) in [4.78, 5) is 28.8. The third-order valence-electron chi connectivity index (χ3n) is 3.76. The van der Waals surface area contributed by atoms with Gasteiger partial charge in [-0.1, -0.05) is 46.3 Å². The molecule has 0 fully saturated rings. The van der Waals surface area contributed by atoms with Crippen molar-refractivity contribution in [2.75, 3.05) is 13.2 Å². The van der Waals surface area contributed by atoms with Crippen LogP contribution in [0, 0.1) is 0 Å². The third kappa shape index (κ3) is 4.08. The number of benzene rings is 2. The number of para-hydroxylation sites is 1. The van der Waals surface area contributed by atoms with Crippen LogP contribution in [-0.2, 0) is 9.53 Å². The summed E-state index contributed by atoms with van der Waals surface area (Å²) in [6.45, 7) is 1.98. The lowest BCUT2D eigenvalue weighted by Gasteiger charge is -2.10. The number of aromatic nitrogens is 1. The summed E-state index contributed by atoms with van der Waals surface area (Å²) in [7, 11) is 0. The van der Waals surface area contributed by atoms with Gasteiger partial charge in [0.25, 0.3) is 5.91 Å². The Hall–Kier alpha value is -2.73. The molecule has 0 aliphatic rings. The maximum Gasteiger partial charge on any atom is 0.339 e. The van der Waals surface area contributed by atoms with Crippen LogP contribution >= 0.6 is 15.9 Å². The maximum absolute atomic E-state index is 12.6. The third-order valence-corrected chi connectivity index (χ3v) is 4.26. The quantitative estimate of drug-likeness (QED) is 0.643. The van der Waals surface area contributed by atoms with Crippen LogP contribution in [-0.4, -0.2) is 30.0 Å². The maximum atomic E-state index is 12.6. The fourth-order valence-electron chi connectivity index (χ4n) is 2.60. The number of nitrogens with one attached hydrogen (secondary N) is 1.